The van der Waals surface area contributed by atoms with Crippen molar-refractivity contribution < 1.29 is 4.79 Å². The lowest BCUT2D eigenvalue weighted by atomic mass is 9.92. The van der Waals surface area contributed by atoms with Crippen LogP contribution in [0.15, 0.2) is 28.7 Å². The summed E-state index contributed by atoms with van der Waals surface area (Å²) in [7, 11) is 0. The molecule has 0 aromatic heterocycles. The van der Waals surface area contributed by atoms with Crippen LogP contribution in [0.5, 0.6) is 0 Å². The number of piperidine rings is 1. The molecule has 1 aliphatic heterocycles. The van der Waals surface area contributed by atoms with Gasteiger partial charge in [0, 0.05) is 23.6 Å². The molecule has 0 saturated carbocycles. The molecular weight excluding hydrogens is 425 g/mol. The highest BCUT2D eigenvalue weighted by Gasteiger charge is 2.31. The topological polar surface area (TPSA) is 58.4 Å². The largest absolute Gasteiger partial charge is 0.353 e. The number of benzene rings is 1. The normalized spacial score (nSPS) is 21.2. The lowest BCUT2D eigenvalue weighted by Crippen LogP contribution is -2.53. The van der Waals surface area contributed by atoms with Crippen LogP contribution in [0.1, 0.15) is 39.2 Å². The molecule has 25 heavy (non-hydrogen) atoms. The van der Waals surface area contributed by atoms with Crippen molar-refractivity contribution in [3.63, 3.8) is 0 Å². The van der Waals surface area contributed by atoms with Crippen LogP contribution in [0, 0.1) is 5.92 Å². The van der Waals surface area contributed by atoms with Crippen molar-refractivity contribution in [2.75, 3.05) is 19.6 Å². The molecule has 3 atom stereocenters. The Morgan fingerprint density at radius 3 is 2.56 bits per heavy atom. The Morgan fingerprint density at radius 1 is 1.40 bits per heavy atom. The van der Waals surface area contributed by atoms with Gasteiger partial charge < -0.3 is 11.1 Å². The minimum absolute atomic E-state index is 0. The van der Waals surface area contributed by atoms with Crippen LogP contribution in [0.4, 0.5) is 0 Å². The van der Waals surface area contributed by atoms with Gasteiger partial charge in [0.1, 0.15) is 5.54 Å². The summed E-state index contributed by atoms with van der Waals surface area (Å²) in [6.45, 7) is 9.10. The Morgan fingerprint density at radius 2 is 2.00 bits per heavy atom. The van der Waals surface area contributed by atoms with Gasteiger partial charge in [-0.05, 0) is 56.8 Å². The highest BCUT2D eigenvalue weighted by atomic mass is 79.9. The van der Waals surface area contributed by atoms with Crippen LogP contribution in [0.3, 0.4) is 0 Å². The first-order valence-corrected chi connectivity index (χ1v) is 9.17. The van der Waals surface area contributed by atoms with Gasteiger partial charge in [0.05, 0.1) is 0 Å². The molecule has 0 aliphatic carbocycles. The van der Waals surface area contributed by atoms with Gasteiger partial charge in [-0.25, -0.2) is 0 Å². The van der Waals surface area contributed by atoms with Crippen LogP contribution >= 0.6 is 40.7 Å². The van der Waals surface area contributed by atoms with Crippen molar-refractivity contribution in [3.05, 3.63) is 34.3 Å². The monoisotopic (exact) mass is 453 g/mol. The second kappa shape index (κ2) is 10.7. The smallest absolute Gasteiger partial charge is 0.244 e. The summed E-state index contributed by atoms with van der Waals surface area (Å²) in [6, 6.07) is 7.93. The number of amides is 1. The lowest BCUT2D eigenvalue weighted by Gasteiger charge is -2.36. The molecule has 0 radical (unpaired) electrons. The molecule has 7 heteroatoms. The molecule has 3 N–H and O–H groups in total. The fourth-order valence-electron chi connectivity index (χ4n) is 3.11. The Balaban J connectivity index is 0.00000288. The quantitative estimate of drug-likeness (QED) is 0.712. The predicted molar refractivity (Wildman–Crippen MR) is 113 cm³/mol. The summed E-state index contributed by atoms with van der Waals surface area (Å²) in [5.41, 5.74) is 6.08. The van der Waals surface area contributed by atoms with E-state index in [1.807, 2.05) is 24.3 Å². The zero-order valence-corrected chi connectivity index (χ0v) is 18.3. The number of nitrogens with one attached hydrogen (secondary N) is 1. The number of carbonyl (C=O) groups is 1. The third kappa shape index (κ3) is 6.72. The number of halogens is 3. The van der Waals surface area contributed by atoms with Crippen molar-refractivity contribution >= 4 is 46.7 Å². The number of rotatable bonds is 5. The third-order valence-electron chi connectivity index (χ3n) is 4.79. The van der Waals surface area contributed by atoms with E-state index < -0.39 is 5.54 Å². The molecule has 4 nitrogen and oxygen atoms in total. The molecule has 2 rings (SSSR count). The van der Waals surface area contributed by atoms with E-state index in [-0.39, 0.29) is 30.7 Å². The zero-order valence-electron chi connectivity index (χ0n) is 15.1. The van der Waals surface area contributed by atoms with E-state index in [9.17, 15) is 4.79 Å². The van der Waals surface area contributed by atoms with E-state index in [0.29, 0.717) is 12.6 Å². The first-order valence-electron chi connectivity index (χ1n) is 8.38. The van der Waals surface area contributed by atoms with Crippen molar-refractivity contribution in [1.82, 2.24) is 10.2 Å². The molecule has 1 heterocycles. The van der Waals surface area contributed by atoms with Gasteiger partial charge in [-0.1, -0.05) is 35.0 Å². The minimum Gasteiger partial charge on any atom is -0.353 e. The number of likely N-dealkylation sites (tertiary alicyclic amines) is 1. The number of nitrogens with zero attached hydrogens (tertiary/aromatic N) is 1. The maximum absolute atomic E-state index is 12.5. The van der Waals surface area contributed by atoms with Crippen LogP contribution in [0.25, 0.3) is 0 Å². The third-order valence-corrected chi connectivity index (χ3v) is 5.31. The summed E-state index contributed by atoms with van der Waals surface area (Å²) >= 11 is 3.40. The average Bonchev–Trinajstić information content (AvgIpc) is 2.52. The first kappa shape index (κ1) is 24.7. The molecule has 0 bridgehead atoms. The molecule has 1 aliphatic rings. The van der Waals surface area contributed by atoms with Crippen molar-refractivity contribution in [2.45, 2.75) is 45.2 Å². The summed E-state index contributed by atoms with van der Waals surface area (Å²) in [6.07, 6.45) is 2.55. The fraction of sp³-hybridized carbons (Fsp3) is 0.611. The van der Waals surface area contributed by atoms with Gasteiger partial charge in [0.15, 0.2) is 0 Å². The highest BCUT2D eigenvalue weighted by Crippen LogP contribution is 2.21. The van der Waals surface area contributed by atoms with Gasteiger partial charge in [0.2, 0.25) is 5.91 Å². The second-order valence-electron chi connectivity index (χ2n) is 7.01. The molecule has 0 spiro atoms. The summed E-state index contributed by atoms with van der Waals surface area (Å²) in [5.74, 6) is 0.612. The summed E-state index contributed by atoms with van der Waals surface area (Å²) in [5, 5.41) is 3.03. The van der Waals surface area contributed by atoms with E-state index in [4.69, 9.17) is 5.73 Å². The number of nitrogens with two attached hydrogens (primary N) is 1. The summed E-state index contributed by atoms with van der Waals surface area (Å²) in [4.78, 5) is 15.0. The standard InChI is InChI=1S/C18H28BrN3O.2ClH/c1-13-5-4-10-22(12-13)14(2)11-21-17(23)18(3,20)15-6-8-16(19)9-7-15;;/h6-9,13-14H,4-5,10-12,20H2,1-3H3,(H,21,23);2*1H. The van der Waals surface area contributed by atoms with Crippen LogP contribution in [0.2, 0.25) is 0 Å². The van der Waals surface area contributed by atoms with E-state index in [1.165, 1.54) is 12.8 Å². The average molecular weight is 455 g/mol. The first-order chi connectivity index (χ1) is 10.8. The van der Waals surface area contributed by atoms with Crippen LogP contribution < -0.4 is 11.1 Å². The Hall–Kier alpha value is -0.330. The summed E-state index contributed by atoms with van der Waals surface area (Å²) < 4.78 is 0.977. The second-order valence-corrected chi connectivity index (χ2v) is 7.93. The van der Waals surface area contributed by atoms with Gasteiger partial charge >= 0.3 is 0 Å². The molecular formula is C18H30BrCl2N3O. The predicted octanol–water partition coefficient (Wildman–Crippen LogP) is 3.70. The Kier molecular flexibility index (Phi) is 10.6. The Labute approximate surface area is 172 Å². The van der Waals surface area contributed by atoms with Gasteiger partial charge in [0.25, 0.3) is 0 Å². The van der Waals surface area contributed by atoms with Gasteiger partial charge in [-0.2, -0.15) is 0 Å². The van der Waals surface area contributed by atoms with E-state index in [2.05, 4.69) is 40.0 Å². The number of carbonyl (C=O) groups excluding carboxylic acids is 1. The zero-order chi connectivity index (χ0) is 17.0. The molecule has 1 amide bonds. The number of hydrogen-bond acceptors (Lipinski definition) is 3. The SMILES string of the molecule is CC1CCCN(C(C)CNC(=O)C(C)(N)c2ccc(Br)cc2)C1.Cl.Cl. The highest BCUT2D eigenvalue weighted by molar-refractivity contribution is 9.10. The van der Waals surface area contributed by atoms with E-state index in [0.717, 1.165) is 29.0 Å². The van der Waals surface area contributed by atoms with E-state index in [1.54, 1.807) is 6.92 Å². The lowest BCUT2D eigenvalue weighted by molar-refractivity contribution is -0.126. The van der Waals surface area contributed by atoms with Gasteiger partial charge in [-0.15, -0.1) is 24.8 Å². The molecule has 144 valence electrons. The molecule has 1 aromatic rings. The molecule has 1 saturated heterocycles. The molecule has 3 unspecified atom stereocenters. The van der Waals surface area contributed by atoms with Gasteiger partial charge in [-0.3, -0.25) is 9.69 Å². The van der Waals surface area contributed by atoms with Crippen molar-refractivity contribution in [1.29, 1.82) is 0 Å². The number of hydrogen-bond donors (Lipinski definition) is 2. The van der Waals surface area contributed by atoms with Crippen LogP contribution in [-0.2, 0) is 10.3 Å². The fourth-order valence-corrected chi connectivity index (χ4v) is 3.37. The minimum atomic E-state index is -1.02. The maximum Gasteiger partial charge on any atom is 0.244 e. The van der Waals surface area contributed by atoms with Crippen molar-refractivity contribution in [3.8, 4) is 0 Å². The molecule has 1 aromatic carbocycles. The Bertz CT molecular complexity index is 540. The molecule has 1 fully saturated rings. The van der Waals surface area contributed by atoms with Crippen molar-refractivity contribution in [2.24, 2.45) is 11.7 Å². The van der Waals surface area contributed by atoms with Crippen LogP contribution in [-0.4, -0.2) is 36.5 Å². The van der Waals surface area contributed by atoms with E-state index >= 15 is 0 Å². The maximum atomic E-state index is 12.5.